The maximum atomic E-state index is 14.7. The Kier molecular flexibility index (Phi) is 15.1. The third-order valence-corrected chi connectivity index (χ3v) is 11.0. The quantitative estimate of drug-likeness (QED) is 0.0918. The van der Waals surface area contributed by atoms with E-state index >= 15 is 0 Å². The molecule has 1 unspecified atom stereocenters. The fourth-order valence-electron chi connectivity index (χ4n) is 7.91. The molecular weight excluding hydrogens is 759 g/mol. The number of hydrogen-bond acceptors (Lipinski definition) is 8. The van der Waals surface area contributed by atoms with Gasteiger partial charge in [-0.1, -0.05) is 108 Å². The summed E-state index contributed by atoms with van der Waals surface area (Å²) in [5.74, 6) is -1.37. The van der Waals surface area contributed by atoms with Crippen LogP contribution in [0.5, 0.6) is 0 Å². The van der Waals surface area contributed by atoms with E-state index in [4.69, 9.17) is 4.74 Å². The number of hydrogen-bond donors (Lipinski definition) is 5. The first-order valence-corrected chi connectivity index (χ1v) is 20.6. The van der Waals surface area contributed by atoms with Crippen molar-refractivity contribution in [2.75, 3.05) is 13.7 Å². The van der Waals surface area contributed by atoms with Crippen molar-refractivity contribution in [1.29, 1.82) is 0 Å². The van der Waals surface area contributed by atoms with Crippen LogP contribution in [-0.4, -0.2) is 87.8 Å². The highest BCUT2D eigenvalue weighted by atomic mass is 16.5. The molecule has 5 amide bonds. The summed E-state index contributed by atoms with van der Waals surface area (Å²) in [6.45, 7) is 13.9. The van der Waals surface area contributed by atoms with Crippen molar-refractivity contribution in [3.05, 3.63) is 120 Å². The summed E-state index contributed by atoms with van der Waals surface area (Å²) in [6.07, 6.45) is 2.34. The van der Waals surface area contributed by atoms with E-state index in [0.717, 1.165) is 33.6 Å². The Morgan fingerprint density at radius 2 is 1.53 bits per heavy atom. The zero-order valence-electron chi connectivity index (χ0n) is 36.1. The molecular formula is C47H61N7O6. The minimum Gasteiger partial charge on any atom is -0.453 e. The van der Waals surface area contributed by atoms with Gasteiger partial charge in [-0.25, -0.2) is 9.59 Å². The Morgan fingerprint density at radius 3 is 2.15 bits per heavy atom. The van der Waals surface area contributed by atoms with Crippen LogP contribution in [0.4, 0.5) is 9.59 Å². The van der Waals surface area contributed by atoms with Gasteiger partial charge in [0.1, 0.15) is 6.04 Å². The van der Waals surface area contributed by atoms with E-state index in [0.29, 0.717) is 6.42 Å². The molecule has 5 N–H and O–H groups in total. The van der Waals surface area contributed by atoms with E-state index in [-0.39, 0.29) is 37.9 Å². The van der Waals surface area contributed by atoms with Gasteiger partial charge in [0.25, 0.3) is 0 Å². The van der Waals surface area contributed by atoms with Gasteiger partial charge in [-0.3, -0.25) is 19.6 Å². The fourth-order valence-corrected chi connectivity index (χ4v) is 7.91. The molecule has 4 aromatic rings. The number of aliphatic hydroxyl groups excluding tert-OH is 1. The van der Waals surface area contributed by atoms with E-state index in [1.165, 1.54) is 7.11 Å². The number of aliphatic hydroxyl groups is 1. The number of aryl methyl sites for hydroxylation is 1. The molecule has 2 aromatic heterocycles. The standard InChI is InChI=1S/C47H61N7O6/c1-30-14-12-18-35(50-30)29-54-38(28-49-44(54)58)40(46(2,3)4)42(56)51-36(24-31-15-10-9-11-16-31)26-39(55)37(52-43(57)41(47(5,6)7)53-45(59)60-8)25-32-19-21-33(22-20-32)34-17-13-23-48-27-34/h9-23,27,36-41,55H,24-26,28-29H2,1-8H3,(H,49,58)(H,51,56)(H,52,57)(H,53,59)/t36-,37-,38?,39-,40-,41+/m0/s1. The van der Waals surface area contributed by atoms with Crippen LogP contribution in [0.1, 0.15) is 70.5 Å². The van der Waals surface area contributed by atoms with Crippen molar-refractivity contribution in [1.82, 2.24) is 36.1 Å². The molecule has 0 aliphatic carbocycles. The van der Waals surface area contributed by atoms with Crippen molar-refractivity contribution < 1.29 is 29.0 Å². The monoisotopic (exact) mass is 819 g/mol. The molecule has 13 nitrogen and oxygen atoms in total. The Labute approximate surface area is 354 Å². The van der Waals surface area contributed by atoms with Gasteiger partial charge in [-0.2, -0.15) is 0 Å². The van der Waals surface area contributed by atoms with Crippen LogP contribution in [0.15, 0.2) is 97.3 Å². The number of carbonyl (C=O) groups is 4. The third kappa shape index (κ3) is 12.4. The van der Waals surface area contributed by atoms with Gasteiger partial charge < -0.3 is 36.0 Å². The van der Waals surface area contributed by atoms with E-state index in [2.05, 4.69) is 31.2 Å². The molecule has 3 heterocycles. The summed E-state index contributed by atoms with van der Waals surface area (Å²) in [7, 11) is 1.24. The van der Waals surface area contributed by atoms with E-state index in [9.17, 15) is 24.3 Å². The molecule has 0 saturated carbocycles. The van der Waals surface area contributed by atoms with Crippen molar-refractivity contribution in [3.8, 4) is 11.1 Å². The highest BCUT2D eigenvalue weighted by Crippen LogP contribution is 2.34. The lowest BCUT2D eigenvalue weighted by atomic mass is 9.75. The smallest absolute Gasteiger partial charge is 0.407 e. The molecule has 5 rings (SSSR count). The fraction of sp³-hybridized carbons (Fsp3) is 0.447. The summed E-state index contributed by atoms with van der Waals surface area (Å²) in [6, 6.07) is 24.0. The minimum atomic E-state index is -1.15. The lowest BCUT2D eigenvalue weighted by molar-refractivity contribution is -0.132. The topological polar surface area (TPSA) is 175 Å². The molecule has 320 valence electrons. The van der Waals surface area contributed by atoms with Crippen LogP contribution >= 0.6 is 0 Å². The van der Waals surface area contributed by atoms with Crippen molar-refractivity contribution in [2.24, 2.45) is 16.7 Å². The van der Waals surface area contributed by atoms with Gasteiger partial charge in [-0.05, 0) is 77.5 Å². The number of nitrogens with one attached hydrogen (secondary N) is 4. The number of ether oxygens (including phenoxy) is 1. The molecule has 6 atom stereocenters. The van der Waals surface area contributed by atoms with Gasteiger partial charge in [0.15, 0.2) is 0 Å². The lowest BCUT2D eigenvalue weighted by Gasteiger charge is -2.39. The Balaban J connectivity index is 1.44. The largest absolute Gasteiger partial charge is 0.453 e. The molecule has 13 heteroatoms. The molecule has 0 bridgehead atoms. The first-order valence-electron chi connectivity index (χ1n) is 20.6. The molecule has 60 heavy (non-hydrogen) atoms. The Bertz CT molecular complexity index is 2050. The highest BCUT2D eigenvalue weighted by Gasteiger charge is 2.46. The summed E-state index contributed by atoms with van der Waals surface area (Å²) in [4.78, 5) is 65.0. The number of urea groups is 1. The van der Waals surface area contributed by atoms with Gasteiger partial charge in [0, 0.05) is 30.7 Å². The minimum absolute atomic E-state index is 0.0829. The first kappa shape index (κ1) is 45.3. The number of nitrogens with zero attached hydrogens (tertiary/aromatic N) is 3. The summed E-state index contributed by atoms with van der Waals surface area (Å²) in [5.41, 5.74) is 4.03. The summed E-state index contributed by atoms with van der Waals surface area (Å²) < 4.78 is 4.84. The predicted octanol–water partition coefficient (Wildman–Crippen LogP) is 5.98. The molecule has 1 saturated heterocycles. The van der Waals surface area contributed by atoms with Crippen LogP contribution in [0.2, 0.25) is 0 Å². The van der Waals surface area contributed by atoms with E-state index in [1.54, 1.807) is 17.3 Å². The average molecular weight is 820 g/mol. The summed E-state index contributed by atoms with van der Waals surface area (Å²) in [5, 5.41) is 24.2. The molecule has 1 fully saturated rings. The van der Waals surface area contributed by atoms with Gasteiger partial charge in [0.2, 0.25) is 11.8 Å². The highest BCUT2D eigenvalue weighted by molar-refractivity contribution is 5.87. The number of carbonyl (C=O) groups excluding carboxylic acids is 4. The van der Waals surface area contributed by atoms with Crippen LogP contribution in [0.3, 0.4) is 0 Å². The summed E-state index contributed by atoms with van der Waals surface area (Å²) >= 11 is 0. The van der Waals surface area contributed by atoms with Crippen LogP contribution in [-0.2, 0) is 33.7 Å². The number of alkyl carbamates (subject to hydrolysis) is 1. The number of amides is 5. The van der Waals surface area contributed by atoms with Crippen molar-refractivity contribution >= 4 is 23.9 Å². The number of rotatable bonds is 16. The molecule has 1 aliphatic heterocycles. The zero-order valence-corrected chi connectivity index (χ0v) is 36.1. The first-order chi connectivity index (χ1) is 28.4. The van der Waals surface area contributed by atoms with Gasteiger partial charge in [-0.15, -0.1) is 0 Å². The number of benzene rings is 2. The maximum absolute atomic E-state index is 14.7. The molecule has 0 spiro atoms. The molecule has 0 radical (unpaired) electrons. The van der Waals surface area contributed by atoms with Crippen LogP contribution in [0.25, 0.3) is 11.1 Å². The van der Waals surface area contributed by atoms with Crippen molar-refractivity contribution in [2.45, 2.75) is 105 Å². The van der Waals surface area contributed by atoms with Crippen LogP contribution in [0, 0.1) is 23.7 Å². The predicted molar refractivity (Wildman–Crippen MR) is 231 cm³/mol. The second kappa shape index (κ2) is 20.0. The number of aromatic nitrogens is 2. The SMILES string of the molecule is COC(=O)N[C@H](C(=O)N[C@@H](Cc1ccc(-c2cccnc2)cc1)[C@@H](O)C[C@H](Cc1ccccc1)NC(=O)[C@H](C1CNC(=O)N1Cc1cccc(C)n1)C(C)(C)C)C(C)(C)C. The zero-order chi connectivity index (χ0) is 43.6. The Morgan fingerprint density at radius 1 is 0.833 bits per heavy atom. The number of methoxy groups -OCH3 is 1. The maximum Gasteiger partial charge on any atom is 0.407 e. The van der Waals surface area contributed by atoms with Crippen molar-refractivity contribution in [3.63, 3.8) is 0 Å². The Hall–Kier alpha value is -5.82. The van der Waals surface area contributed by atoms with Gasteiger partial charge in [0.05, 0.1) is 43.5 Å². The molecule has 2 aromatic carbocycles. The van der Waals surface area contributed by atoms with Crippen LogP contribution < -0.4 is 21.3 Å². The lowest BCUT2D eigenvalue weighted by Crippen LogP contribution is -2.58. The van der Waals surface area contributed by atoms with E-state index < -0.39 is 59.0 Å². The van der Waals surface area contributed by atoms with Gasteiger partial charge >= 0.3 is 12.1 Å². The average Bonchev–Trinajstić information content (AvgIpc) is 3.54. The normalized spacial score (nSPS) is 16.8. The number of pyridine rings is 2. The van der Waals surface area contributed by atoms with E-state index in [1.807, 2.05) is 133 Å². The second-order valence-electron chi connectivity index (χ2n) is 17.9. The third-order valence-electron chi connectivity index (χ3n) is 11.0. The second-order valence-corrected chi connectivity index (χ2v) is 17.9. The molecule has 1 aliphatic rings.